The fraction of sp³-hybridized carbons (Fsp3) is 0.538. The molecule has 94 valence electrons. The third kappa shape index (κ3) is 2.90. The number of anilines is 1. The molecule has 0 radical (unpaired) electrons. The van der Waals surface area contributed by atoms with Crippen molar-refractivity contribution in [2.75, 3.05) is 18.9 Å². The van der Waals surface area contributed by atoms with E-state index in [9.17, 15) is 5.11 Å². The van der Waals surface area contributed by atoms with Gasteiger partial charge in [0.15, 0.2) is 0 Å². The first-order valence-corrected chi connectivity index (χ1v) is 6.13. The predicted octanol–water partition coefficient (Wildman–Crippen LogP) is 1.32. The number of hydrogen-bond donors (Lipinski definition) is 3. The Bertz CT molecular complexity index is 378. The molecule has 1 saturated carbocycles. The number of hydrogen-bond acceptors (Lipinski definition) is 4. The van der Waals surface area contributed by atoms with Crippen molar-refractivity contribution in [3.63, 3.8) is 0 Å². The van der Waals surface area contributed by atoms with E-state index >= 15 is 0 Å². The SMILES string of the molecule is Nc1cc(CN(CCO)C2CCC2)ccc1O. The van der Waals surface area contributed by atoms with E-state index in [-0.39, 0.29) is 12.4 Å². The van der Waals surface area contributed by atoms with Crippen molar-refractivity contribution in [2.45, 2.75) is 31.8 Å². The van der Waals surface area contributed by atoms with Gasteiger partial charge in [-0.15, -0.1) is 0 Å². The summed E-state index contributed by atoms with van der Waals surface area (Å²) in [6.07, 6.45) is 3.71. The highest BCUT2D eigenvalue weighted by Crippen LogP contribution is 2.27. The molecule has 0 unspecified atom stereocenters. The highest BCUT2D eigenvalue weighted by molar-refractivity contribution is 5.53. The molecule has 0 spiro atoms. The van der Waals surface area contributed by atoms with Crippen molar-refractivity contribution >= 4 is 5.69 Å². The second kappa shape index (κ2) is 5.38. The van der Waals surface area contributed by atoms with E-state index in [0.29, 0.717) is 18.3 Å². The lowest BCUT2D eigenvalue weighted by Crippen LogP contribution is -2.41. The summed E-state index contributed by atoms with van der Waals surface area (Å²) in [6, 6.07) is 5.91. The largest absolute Gasteiger partial charge is 0.506 e. The number of aliphatic hydroxyl groups excluding tert-OH is 1. The first-order valence-electron chi connectivity index (χ1n) is 6.13. The number of phenols is 1. The zero-order chi connectivity index (χ0) is 12.3. The fourth-order valence-electron chi connectivity index (χ4n) is 2.21. The van der Waals surface area contributed by atoms with Crippen LogP contribution in [0.5, 0.6) is 5.75 Å². The van der Waals surface area contributed by atoms with E-state index in [1.807, 2.05) is 6.07 Å². The maximum absolute atomic E-state index is 9.37. The van der Waals surface area contributed by atoms with E-state index in [2.05, 4.69) is 4.90 Å². The van der Waals surface area contributed by atoms with Gasteiger partial charge in [0.05, 0.1) is 12.3 Å². The molecule has 2 rings (SSSR count). The normalized spacial score (nSPS) is 16.1. The number of benzene rings is 1. The molecule has 1 fully saturated rings. The third-order valence-corrected chi connectivity index (χ3v) is 3.46. The standard InChI is InChI=1S/C13H20N2O2/c14-12-8-10(4-5-13(12)17)9-15(6-7-16)11-2-1-3-11/h4-5,8,11,16-17H,1-3,6-7,9,14H2. The summed E-state index contributed by atoms with van der Waals surface area (Å²) in [4.78, 5) is 2.29. The van der Waals surface area contributed by atoms with Crippen LogP contribution in [0.3, 0.4) is 0 Å². The maximum atomic E-state index is 9.37. The van der Waals surface area contributed by atoms with Gasteiger partial charge in [0.25, 0.3) is 0 Å². The van der Waals surface area contributed by atoms with Crippen molar-refractivity contribution in [1.29, 1.82) is 0 Å². The molecule has 4 nitrogen and oxygen atoms in total. The Morgan fingerprint density at radius 3 is 2.65 bits per heavy atom. The Hall–Kier alpha value is -1.26. The molecule has 1 aromatic carbocycles. The minimum absolute atomic E-state index is 0.131. The number of rotatable bonds is 5. The molecule has 0 amide bonds. The number of phenolic OH excluding ortho intramolecular Hbond substituents is 1. The van der Waals surface area contributed by atoms with Crippen LogP contribution in [-0.2, 0) is 6.54 Å². The summed E-state index contributed by atoms with van der Waals surface area (Å²) < 4.78 is 0. The van der Waals surface area contributed by atoms with Crippen molar-refractivity contribution in [3.05, 3.63) is 23.8 Å². The Morgan fingerprint density at radius 2 is 2.12 bits per heavy atom. The first kappa shape index (κ1) is 12.2. The van der Waals surface area contributed by atoms with Gasteiger partial charge in [-0.25, -0.2) is 0 Å². The lowest BCUT2D eigenvalue weighted by Gasteiger charge is -2.37. The van der Waals surface area contributed by atoms with Crippen LogP contribution in [0.4, 0.5) is 5.69 Å². The van der Waals surface area contributed by atoms with Crippen LogP contribution in [-0.4, -0.2) is 34.3 Å². The van der Waals surface area contributed by atoms with E-state index in [1.54, 1.807) is 12.1 Å². The predicted molar refractivity (Wildman–Crippen MR) is 67.7 cm³/mol. The minimum atomic E-state index is 0.131. The van der Waals surface area contributed by atoms with Crippen molar-refractivity contribution in [3.8, 4) is 5.75 Å². The van der Waals surface area contributed by atoms with Crippen molar-refractivity contribution < 1.29 is 10.2 Å². The smallest absolute Gasteiger partial charge is 0.138 e. The Kier molecular flexibility index (Phi) is 3.86. The lowest BCUT2D eigenvalue weighted by atomic mass is 9.91. The summed E-state index contributed by atoms with van der Waals surface area (Å²) >= 11 is 0. The first-order chi connectivity index (χ1) is 8.20. The van der Waals surface area contributed by atoms with Crippen LogP contribution in [0.25, 0.3) is 0 Å². The van der Waals surface area contributed by atoms with Crippen molar-refractivity contribution in [1.82, 2.24) is 4.90 Å². The molecule has 4 N–H and O–H groups in total. The lowest BCUT2D eigenvalue weighted by molar-refractivity contribution is 0.0945. The van der Waals surface area contributed by atoms with Gasteiger partial charge in [-0.3, -0.25) is 4.90 Å². The Labute approximate surface area is 102 Å². The topological polar surface area (TPSA) is 69.7 Å². The minimum Gasteiger partial charge on any atom is -0.506 e. The second-order valence-electron chi connectivity index (χ2n) is 4.67. The van der Waals surface area contributed by atoms with Crippen LogP contribution in [0, 0.1) is 0 Å². The molecule has 17 heavy (non-hydrogen) atoms. The molecule has 0 bridgehead atoms. The van der Waals surface area contributed by atoms with E-state index in [0.717, 1.165) is 12.1 Å². The fourth-order valence-corrected chi connectivity index (χ4v) is 2.21. The highest BCUT2D eigenvalue weighted by atomic mass is 16.3. The monoisotopic (exact) mass is 236 g/mol. The zero-order valence-corrected chi connectivity index (χ0v) is 9.97. The van der Waals surface area contributed by atoms with Gasteiger partial charge in [0.1, 0.15) is 5.75 Å². The molecule has 1 aliphatic rings. The van der Waals surface area contributed by atoms with Gasteiger partial charge >= 0.3 is 0 Å². The van der Waals surface area contributed by atoms with Crippen molar-refractivity contribution in [2.24, 2.45) is 0 Å². The Balaban J connectivity index is 2.02. The zero-order valence-electron chi connectivity index (χ0n) is 9.97. The summed E-state index contributed by atoms with van der Waals surface area (Å²) in [6.45, 7) is 1.67. The molecule has 0 atom stereocenters. The molecule has 0 saturated heterocycles. The summed E-state index contributed by atoms with van der Waals surface area (Å²) in [5.74, 6) is 0.131. The van der Waals surface area contributed by atoms with Gasteiger partial charge < -0.3 is 15.9 Å². The molecule has 1 aromatic rings. The number of nitrogen functional groups attached to an aromatic ring is 1. The van der Waals surface area contributed by atoms with Gasteiger partial charge in [-0.05, 0) is 30.5 Å². The quantitative estimate of drug-likeness (QED) is 0.533. The van der Waals surface area contributed by atoms with E-state index < -0.39 is 0 Å². The maximum Gasteiger partial charge on any atom is 0.138 e. The van der Waals surface area contributed by atoms with Gasteiger partial charge in [0, 0.05) is 19.1 Å². The van der Waals surface area contributed by atoms with Crippen LogP contribution in [0.15, 0.2) is 18.2 Å². The third-order valence-electron chi connectivity index (χ3n) is 3.46. The molecule has 1 aliphatic carbocycles. The van der Waals surface area contributed by atoms with Crippen LogP contribution >= 0.6 is 0 Å². The molecule has 0 heterocycles. The second-order valence-corrected chi connectivity index (χ2v) is 4.67. The molecular formula is C13H20N2O2. The van der Waals surface area contributed by atoms with Gasteiger partial charge in [0.2, 0.25) is 0 Å². The number of aromatic hydroxyl groups is 1. The van der Waals surface area contributed by atoms with E-state index in [1.165, 1.54) is 19.3 Å². The number of nitrogens with zero attached hydrogens (tertiary/aromatic N) is 1. The number of aliphatic hydroxyl groups is 1. The van der Waals surface area contributed by atoms with E-state index in [4.69, 9.17) is 10.8 Å². The summed E-state index contributed by atoms with van der Waals surface area (Å²) in [5.41, 5.74) is 7.18. The molecular weight excluding hydrogens is 216 g/mol. The average molecular weight is 236 g/mol. The summed E-state index contributed by atoms with van der Waals surface area (Å²) in [7, 11) is 0. The van der Waals surface area contributed by atoms with Gasteiger partial charge in [-0.1, -0.05) is 12.5 Å². The molecule has 4 heteroatoms. The average Bonchev–Trinajstić information content (AvgIpc) is 2.21. The summed E-state index contributed by atoms with van der Waals surface area (Å²) in [5, 5.41) is 18.4. The van der Waals surface area contributed by atoms with Gasteiger partial charge in [-0.2, -0.15) is 0 Å². The Morgan fingerprint density at radius 1 is 1.35 bits per heavy atom. The highest BCUT2D eigenvalue weighted by Gasteiger charge is 2.24. The van der Waals surface area contributed by atoms with Crippen LogP contribution in [0.2, 0.25) is 0 Å². The van der Waals surface area contributed by atoms with Crippen LogP contribution in [0.1, 0.15) is 24.8 Å². The number of nitrogens with two attached hydrogens (primary N) is 1. The molecule has 0 aromatic heterocycles. The van der Waals surface area contributed by atoms with Crippen LogP contribution < -0.4 is 5.73 Å². The molecule has 0 aliphatic heterocycles.